The van der Waals surface area contributed by atoms with Crippen LogP contribution >= 0.6 is 23.4 Å². The topological polar surface area (TPSA) is 103 Å². The van der Waals surface area contributed by atoms with E-state index in [0.717, 1.165) is 43.3 Å². The first-order chi connectivity index (χ1) is 13.0. The minimum Gasteiger partial charge on any atom is -0.384 e. The Morgan fingerprint density at radius 1 is 1.33 bits per heavy atom. The lowest BCUT2D eigenvalue weighted by atomic mass is 9.73. The van der Waals surface area contributed by atoms with E-state index >= 15 is 0 Å². The van der Waals surface area contributed by atoms with Crippen molar-refractivity contribution in [1.82, 2.24) is 15.0 Å². The SMILES string of the molecule is C[C@@H]1OCC2(CCN(c3[c]nc(Sc4cc(N)ncc4Cl)cn3)CC2)[C@@H]1N. The summed E-state index contributed by atoms with van der Waals surface area (Å²) in [7, 11) is 0. The highest BCUT2D eigenvalue weighted by molar-refractivity contribution is 7.99. The predicted octanol–water partition coefficient (Wildman–Crippen LogP) is 2.39. The van der Waals surface area contributed by atoms with E-state index in [2.05, 4.69) is 33.0 Å². The molecule has 4 rings (SSSR count). The summed E-state index contributed by atoms with van der Waals surface area (Å²) in [6, 6.07) is 1.83. The number of aromatic nitrogens is 3. The molecule has 0 amide bonds. The van der Waals surface area contributed by atoms with E-state index in [0.29, 0.717) is 15.9 Å². The molecule has 1 spiro atoms. The molecule has 2 aliphatic rings. The largest absolute Gasteiger partial charge is 0.384 e. The van der Waals surface area contributed by atoms with Crippen LogP contribution in [0.5, 0.6) is 0 Å². The minimum atomic E-state index is 0.0944. The molecule has 4 N–H and O–H groups in total. The molecule has 27 heavy (non-hydrogen) atoms. The molecular formula is C18H22ClN6OS. The molecule has 4 heterocycles. The Kier molecular flexibility index (Phi) is 5.15. The van der Waals surface area contributed by atoms with Gasteiger partial charge in [0.2, 0.25) is 0 Å². The molecule has 0 aromatic carbocycles. The van der Waals surface area contributed by atoms with Crippen molar-refractivity contribution in [3.05, 3.63) is 29.7 Å². The van der Waals surface area contributed by atoms with Crippen molar-refractivity contribution >= 4 is 35.0 Å². The summed E-state index contributed by atoms with van der Waals surface area (Å²) >= 11 is 7.55. The van der Waals surface area contributed by atoms with E-state index in [9.17, 15) is 0 Å². The summed E-state index contributed by atoms with van der Waals surface area (Å²) < 4.78 is 5.78. The predicted molar refractivity (Wildman–Crippen MR) is 106 cm³/mol. The quantitative estimate of drug-likeness (QED) is 0.802. The smallest absolute Gasteiger partial charge is 0.157 e. The Hall–Kier alpha value is -1.61. The normalized spacial score (nSPS) is 24.5. The van der Waals surface area contributed by atoms with Crippen molar-refractivity contribution in [2.24, 2.45) is 11.1 Å². The first-order valence-corrected chi connectivity index (χ1v) is 10.1. The third-order valence-electron chi connectivity index (χ3n) is 5.52. The third kappa shape index (κ3) is 3.71. The van der Waals surface area contributed by atoms with Crippen LogP contribution in [0.1, 0.15) is 19.8 Å². The van der Waals surface area contributed by atoms with Crippen LogP contribution in [0.3, 0.4) is 0 Å². The fraction of sp³-hybridized carbons (Fsp3) is 0.500. The fourth-order valence-corrected chi connectivity index (χ4v) is 4.71. The zero-order valence-corrected chi connectivity index (χ0v) is 16.6. The number of nitrogens with zero attached hydrogens (tertiary/aromatic N) is 4. The number of rotatable bonds is 3. The molecule has 2 aliphatic heterocycles. The zero-order valence-electron chi connectivity index (χ0n) is 15.1. The maximum Gasteiger partial charge on any atom is 0.157 e. The van der Waals surface area contributed by atoms with Gasteiger partial charge in [0.05, 0.1) is 23.9 Å². The lowest BCUT2D eigenvalue weighted by Crippen LogP contribution is -2.50. The fourth-order valence-electron chi connectivity index (χ4n) is 3.74. The summed E-state index contributed by atoms with van der Waals surface area (Å²) in [4.78, 5) is 15.9. The van der Waals surface area contributed by atoms with Crippen LogP contribution in [0.4, 0.5) is 11.6 Å². The van der Waals surface area contributed by atoms with Crippen LogP contribution in [0, 0.1) is 11.6 Å². The molecule has 2 saturated heterocycles. The molecule has 9 heteroatoms. The van der Waals surface area contributed by atoms with Crippen molar-refractivity contribution in [3.8, 4) is 0 Å². The molecule has 0 saturated carbocycles. The lowest BCUT2D eigenvalue weighted by molar-refractivity contribution is 0.0974. The first kappa shape index (κ1) is 18.7. The number of pyridine rings is 1. The average molecular weight is 406 g/mol. The zero-order chi connectivity index (χ0) is 19.0. The van der Waals surface area contributed by atoms with Crippen molar-refractivity contribution in [2.75, 3.05) is 30.3 Å². The molecule has 0 bridgehead atoms. The van der Waals surface area contributed by atoms with Crippen LogP contribution in [-0.4, -0.2) is 46.8 Å². The number of hydrogen-bond acceptors (Lipinski definition) is 8. The van der Waals surface area contributed by atoms with Gasteiger partial charge in [-0.3, -0.25) is 0 Å². The number of nitrogen functional groups attached to an aromatic ring is 1. The Balaban J connectivity index is 1.41. The van der Waals surface area contributed by atoms with Gasteiger partial charge in [0, 0.05) is 35.6 Å². The van der Waals surface area contributed by atoms with E-state index in [-0.39, 0.29) is 17.6 Å². The Morgan fingerprint density at radius 3 is 2.74 bits per heavy atom. The average Bonchev–Trinajstić information content (AvgIpc) is 2.95. The van der Waals surface area contributed by atoms with E-state index in [1.807, 2.05) is 0 Å². The van der Waals surface area contributed by atoms with Crippen molar-refractivity contribution in [1.29, 1.82) is 0 Å². The van der Waals surface area contributed by atoms with Crippen LogP contribution in [0.15, 0.2) is 28.4 Å². The van der Waals surface area contributed by atoms with E-state index in [1.54, 1.807) is 12.3 Å². The number of nitrogens with two attached hydrogens (primary N) is 2. The highest BCUT2D eigenvalue weighted by atomic mass is 35.5. The van der Waals surface area contributed by atoms with Gasteiger partial charge < -0.3 is 21.1 Å². The summed E-state index contributed by atoms with van der Waals surface area (Å²) in [5, 5.41) is 1.24. The maximum absolute atomic E-state index is 6.38. The Morgan fingerprint density at radius 2 is 2.11 bits per heavy atom. The van der Waals surface area contributed by atoms with E-state index in [1.165, 1.54) is 18.0 Å². The van der Waals surface area contributed by atoms with Gasteiger partial charge >= 0.3 is 0 Å². The van der Waals surface area contributed by atoms with Gasteiger partial charge in [-0.15, -0.1) is 0 Å². The number of halogens is 1. The monoisotopic (exact) mass is 405 g/mol. The summed E-state index contributed by atoms with van der Waals surface area (Å²) in [6.07, 6.45) is 8.45. The molecular weight excluding hydrogens is 384 g/mol. The second kappa shape index (κ2) is 7.43. The van der Waals surface area contributed by atoms with Gasteiger partial charge in [0.15, 0.2) is 5.82 Å². The maximum atomic E-state index is 6.38. The first-order valence-electron chi connectivity index (χ1n) is 8.93. The molecule has 0 aliphatic carbocycles. The van der Waals surface area contributed by atoms with Gasteiger partial charge in [-0.2, -0.15) is 0 Å². The van der Waals surface area contributed by atoms with Crippen LogP contribution in [0.25, 0.3) is 0 Å². The van der Waals surface area contributed by atoms with Crippen LogP contribution < -0.4 is 16.4 Å². The number of ether oxygens (including phenoxy) is 1. The van der Waals surface area contributed by atoms with Gasteiger partial charge in [-0.1, -0.05) is 23.4 Å². The van der Waals surface area contributed by atoms with Gasteiger partial charge in [0.1, 0.15) is 17.0 Å². The molecule has 2 aromatic rings. The second-order valence-corrected chi connectivity index (χ2v) is 8.65. The van der Waals surface area contributed by atoms with Crippen molar-refractivity contribution < 1.29 is 4.74 Å². The minimum absolute atomic E-state index is 0.0944. The van der Waals surface area contributed by atoms with Gasteiger partial charge in [0.25, 0.3) is 0 Å². The summed E-state index contributed by atoms with van der Waals surface area (Å²) in [5.74, 6) is 1.18. The molecule has 1 radical (unpaired) electrons. The molecule has 0 unspecified atom stereocenters. The summed E-state index contributed by atoms with van der Waals surface area (Å²) in [6.45, 7) is 4.58. The van der Waals surface area contributed by atoms with Crippen LogP contribution in [-0.2, 0) is 4.74 Å². The third-order valence-corrected chi connectivity index (χ3v) is 6.90. The molecule has 7 nitrogen and oxygen atoms in total. The highest BCUT2D eigenvalue weighted by Gasteiger charge is 2.47. The van der Waals surface area contributed by atoms with Crippen LogP contribution in [0.2, 0.25) is 5.02 Å². The van der Waals surface area contributed by atoms with E-state index in [4.69, 9.17) is 27.8 Å². The Labute approximate surface area is 167 Å². The number of anilines is 2. The lowest BCUT2D eigenvalue weighted by Gasteiger charge is -2.41. The van der Waals surface area contributed by atoms with Gasteiger partial charge in [-0.05, 0) is 25.8 Å². The standard InChI is InChI=1S/C18H22ClN6OS/c1-11-17(21)18(10-26-11)2-4-25(5-3-18)15-8-24-16(9-23-15)27-13-6-14(20)22-7-12(13)19/h6-7,9,11,17H,2-5,10,21H2,1H3,(H2,20,22)/t11-,17+/m0/s1. The molecule has 2 atom stereocenters. The molecule has 2 aromatic heterocycles. The van der Waals surface area contributed by atoms with Crippen molar-refractivity contribution in [3.63, 3.8) is 0 Å². The highest BCUT2D eigenvalue weighted by Crippen LogP contribution is 2.41. The summed E-state index contributed by atoms with van der Waals surface area (Å²) in [5.41, 5.74) is 12.2. The number of piperidine rings is 1. The molecule has 2 fully saturated rings. The molecule has 143 valence electrons. The second-order valence-electron chi connectivity index (χ2n) is 7.18. The number of hydrogen-bond donors (Lipinski definition) is 2. The van der Waals surface area contributed by atoms with Gasteiger partial charge in [-0.25, -0.2) is 15.0 Å². The Bertz CT molecular complexity index is 812. The van der Waals surface area contributed by atoms with E-state index < -0.39 is 0 Å². The van der Waals surface area contributed by atoms with Crippen molar-refractivity contribution in [2.45, 2.75) is 41.8 Å².